The molecule has 174 valence electrons. The third kappa shape index (κ3) is 10.5. The summed E-state index contributed by atoms with van der Waals surface area (Å²) < 4.78 is 0. The van der Waals surface area contributed by atoms with Gasteiger partial charge >= 0.3 is 0 Å². The fourth-order valence-corrected chi connectivity index (χ4v) is 3.09. The minimum Gasteiger partial charge on any atom is -0.395 e. The van der Waals surface area contributed by atoms with E-state index in [1.807, 2.05) is 9.80 Å². The molecule has 0 amide bonds. The Morgan fingerprint density at radius 1 is 0.667 bits per heavy atom. The molecule has 9 heteroatoms. The highest BCUT2D eigenvalue weighted by Gasteiger charge is 2.17. The second-order valence-electron chi connectivity index (χ2n) is 7.41. The lowest BCUT2D eigenvalue weighted by Gasteiger charge is -2.26. The monoisotopic (exact) mass is 426 g/mol. The van der Waals surface area contributed by atoms with Crippen LogP contribution in [0.1, 0.15) is 58.2 Å². The lowest BCUT2D eigenvalue weighted by Crippen LogP contribution is -2.33. The molecular weight excluding hydrogens is 384 g/mol. The van der Waals surface area contributed by atoms with Gasteiger partial charge in [0, 0.05) is 39.1 Å². The van der Waals surface area contributed by atoms with E-state index in [9.17, 15) is 10.2 Å². The van der Waals surface area contributed by atoms with Crippen LogP contribution < -0.4 is 15.1 Å². The summed E-state index contributed by atoms with van der Waals surface area (Å²) in [5.41, 5.74) is 0. The van der Waals surface area contributed by atoms with Crippen molar-refractivity contribution in [1.29, 1.82) is 0 Å². The van der Waals surface area contributed by atoms with E-state index in [4.69, 9.17) is 20.1 Å². The number of aromatic nitrogens is 3. The fraction of sp³-hybridized carbons (Fsp3) is 0.857. The van der Waals surface area contributed by atoms with Gasteiger partial charge in [-0.15, -0.1) is 0 Å². The number of nitrogens with zero attached hydrogens (tertiary/aromatic N) is 5. The lowest BCUT2D eigenvalue weighted by molar-refractivity contribution is 0.292. The number of aryl methyl sites for hydroxylation is 1. The van der Waals surface area contributed by atoms with Gasteiger partial charge in [-0.25, -0.2) is 0 Å². The van der Waals surface area contributed by atoms with Crippen LogP contribution in [-0.4, -0.2) is 89.4 Å². The highest BCUT2D eigenvalue weighted by atomic mass is 16.3. The first-order valence-corrected chi connectivity index (χ1v) is 11.5. The molecule has 0 atom stereocenters. The van der Waals surface area contributed by atoms with Crippen LogP contribution in [-0.2, 0) is 6.42 Å². The summed E-state index contributed by atoms with van der Waals surface area (Å²) in [5, 5.41) is 31.0. The van der Waals surface area contributed by atoms with Gasteiger partial charge < -0.3 is 30.4 Å². The summed E-state index contributed by atoms with van der Waals surface area (Å²) in [6.07, 6.45) is 6.77. The molecule has 4 N–H and O–H groups in total. The summed E-state index contributed by atoms with van der Waals surface area (Å²) >= 11 is 0. The average Bonchev–Trinajstić information content (AvgIpc) is 2.76. The predicted molar refractivity (Wildman–Crippen MR) is 121 cm³/mol. The zero-order valence-electron chi connectivity index (χ0n) is 18.9. The molecule has 1 aromatic rings. The van der Waals surface area contributed by atoms with E-state index in [-0.39, 0.29) is 19.8 Å². The van der Waals surface area contributed by atoms with Crippen molar-refractivity contribution in [2.75, 3.05) is 68.9 Å². The molecule has 0 aliphatic rings. The first-order valence-electron chi connectivity index (χ1n) is 11.5. The zero-order valence-corrected chi connectivity index (χ0v) is 18.9. The van der Waals surface area contributed by atoms with Gasteiger partial charge in [0.2, 0.25) is 11.9 Å². The number of aliphatic hydroxyl groups excluding tert-OH is 3. The smallest absolute Gasteiger partial charge is 0.230 e. The maximum Gasteiger partial charge on any atom is 0.230 e. The summed E-state index contributed by atoms with van der Waals surface area (Å²) in [7, 11) is 0. The maximum atomic E-state index is 9.51. The van der Waals surface area contributed by atoms with Crippen molar-refractivity contribution in [3.05, 3.63) is 5.82 Å². The fourth-order valence-electron chi connectivity index (χ4n) is 3.09. The summed E-state index contributed by atoms with van der Waals surface area (Å²) in [4.78, 5) is 18.2. The van der Waals surface area contributed by atoms with Crippen molar-refractivity contribution in [2.24, 2.45) is 0 Å². The predicted octanol–water partition coefficient (Wildman–Crippen LogP) is 0.974. The molecule has 0 aromatic carbocycles. The molecule has 30 heavy (non-hydrogen) atoms. The second kappa shape index (κ2) is 17.2. The number of aliphatic hydroxyl groups is 3. The van der Waals surface area contributed by atoms with Gasteiger partial charge in [0.1, 0.15) is 5.82 Å². The zero-order chi connectivity index (χ0) is 22.0. The van der Waals surface area contributed by atoms with Crippen LogP contribution in [0.4, 0.5) is 11.9 Å². The molecule has 9 nitrogen and oxygen atoms in total. The summed E-state index contributed by atoms with van der Waals surface area (Å²) in [6.45, 7) is 8.55. The van der Waals surface area contributed by atoms with Crippen LogP contribution in [0.5, 0.6) is 0 Å². The molecule has 1 heterocycles. The largest absolute Gasteiger partial charge is 0.395 e. The molecule has 0 unspecified atom stereocenters. The minimum absolute atomic E-state index is 0.0484. The second-order valence-corrected chi connectivity index (χ2v) is 7.41. The minimum atomic E-state index is 0.0484. The first-order chi connectivity index (χ1) is 14.7. The van der Waals surface area contributed by atoms with Crippen LogP contribution in [0.3, 0.4) is 0 Å². The molecule has 0 aliphatic heterocycles. The molecule has 0 radical (unpaired) electrons. The van der Waals surface area contributed by atoms with E-state index >= 15 is 0 Å². The van der Waals surface area contributed by atoms with Gasteiger partial charge in [-0.05, 0) is 32.2 Å². The average molecular weight is 427 g/mol. The number of nitrogens with one attached hydrogen (secondary N) is 1. The van der Waals surface area contributed by atoms with E-state index in [2.05, 4.69) is 19.2 Å². The normalized spacial score (nSPS) is 11.1. The van der Waals surface area contributed by atoms with Gasteiger partial charge in [-0.2, -0.15) is 15.0 Å². The van der Waals surface area contributed by atoms with E-state index in [1.165, 1.54) is 0 Å². The maximum absolute atomic E-state index is 9.51. The van der Waals surface area contributed by atoms with Crippen LogP contribution in [0.15, 0.2) is 0 Å². The molecule has 0 spiro atoms. The van der Waals surface area contributed by atoms with E-state index in [0.717, 1.165) is 70.4 Å². The molecule has 1 rings (SSSR count). The Bertz CT molecular complexity index is 513. The van der Waals surface area contributed by atoms with E-state index in [0.29, 0.717) is 31.5 Å². The van der Waals surface area contributed by atoms with Crippen molar-refractivity contribution < 1.29 is 15.3 Å². The van der Waals surface area contributed by atoms with Crippen LogP contribution >= 0.6 is 0 Å². The van der Waals surface area contributed by atoms with Crippen molar-refractivity contribution in [3.8, 4) is 0 Å². The van der Waals surface area contributed by atoms with Crippen molar-refractivity contribution in [2.45, 2.75) is 58.8 Å². The van der Waals surface area contributed by atoms with Gasteiger partial charge in [-0.1, -0.05) is 26.7 Å². The van der Waals surface area contributed by atoms with E-state index < -0.39 is 0 Å². The molecule has 1 aromatic heterocycles. The molecule has 0 bridgehead atoms. The standard InChI is InChI=1S/C21H42N6O3/c1-3-5-12-26(14-17-29)20-23-19(9-7-8-10-22-11-16-28)24-21(25-20)27(15-18-30)13-6-4-2/h22,28-30H,3-18H2,1-2H3. The quantitative estimate of drug-likeness (QED) is 0.240. The van der Waals surface area contributed by atoms with E-state index in [1.54, 1.807) is 0 Å². The van der Waals surface area contributed by atoms with Gasteiger partial charge in [-0.3, -0.25) is 0 Å². The first kappa shape index (κ1) is 26.5. The Kier molecular flexibility index (Phi) is 15.2. The molecular formula is C21H42N6O3. The summed E-state index contributed by atoms with van der Waals surface area (Å²) in [6, 6.07) is 0. The van der Waals surface area contributed by atoms with Crippen LogP contribution in [0.25, 0.3) is 0 Å². The topological polar surface area (TPSA) is 118 Å². The SMILES string of the molecule is CCCCN(CCO)c1nc(CCCCNCCO)nc(N(CCO)CCCC)n1. The van der Waals surface area contributed by atoms with Gasteiger partial charge in [0.05, 0.1) is 19.8 Å². The number of hydrogen-bond donors (Lipinski definition) is 4. The van der Waals surface area contributed by atoms with Crippen LogP contribution in [0.2, 0.25) is 0 Å². The molecule has 0 saturated carbocycles. The molecule has 0 aliphatic carbocycles. The Morgan fingerprint density at radius 2 is 1.23 bits per heavy atom. The Hall–Kier alpha value is -1.55. The lowest BCUT2D eigenvalue weighted by atomic mass is 10.2. The molecule has 0 fully saturated rings. The third-order valence-electron chi connectivity index (χ3n) is 4.82. The highest BCUT2D eigenvalue weighted by Crippen LogP contribution is 2.17. The van der Waals surface area contributed by atoms with Crippen LogP contribution in [0, 0.1) is 0 Å². The van der Waals surface area contributed by atoms with Gasteiger partial charge in [0.25, 0.3) is 0 Å². The Morgan fingerprint density at radius 3 is 1.70 bits per heavy atom. The van der Waals surface area contributed by atoms with Crippen molar-refractivity contribution in [1.82, 2.24) is 20.3 Å². The molecule has 0 saturated heterocycles. The number of rotatable bonds is 19. The Balaban J connectivity index is 3.02. The summed E-state index contributed by atoms with van der Waals surface area (Å²) in [5.74, 6) is 1.96. The van der Waals surface area contributed by atoms with Crippen molar-refractivity contribution in [3.63, 3.8) is 0 Å². The number of unbranched alkanes of at least 4 members (excludes halogenated alkanes) is 3. The van der Waals surface area contributed by atoms with Crippen molar-refractivity contribution >= 4 is 11.9 Å². The number of hydrogen-bond acceptors (Lipinski definition) is 9. The van der Waals surface area contributed by atoms with Gasteiger partial charge in [0.15, 0.2) is 0 Å². The Labute approximate surface area is 181 Å². The number of anilines is 2. The third-order valence-corrected chi connectivity index (χ3v) is 4.82. The highest BCUT2D eigenvalue weighted by molar-refractivity contribution is 5.39.